The van der Waals surface area contributed by atoms with Crippen LogP contribution in [0.25, 0.3) is 0 Å². The molecular weight excluding hydrogens is 348 g/mol. The smallest absolute Gasteiger partial charge is 0.335 e. The van der Waals surface area contributed by atoms with E-state index in [1.54, 1.807) is 4.90 Å². The summed E-state index contributed by atoms with van der Waals surface area (Å²) in [7, 11) is -3.94. The molecule has 2 saturated heterocycles. The summed E-state index contributed by atoms with van der Waals surface area (Å²) in [6, 6.07) is 4.48. The minimum absolute atomic E-state index is 0.101. The topological polar surface area (TPSA) is 104 Å². The average Bonchev–Trinajstić information content (AvgIpc) is 3.12. The van der Waals surface area contributed by atoms with E-state index < -0.39 is 22.0 Å². The van der Waals surface area contributed by atoms with Crippen molar-refractivity contribution in [2.45, 2.75) is 23.8 Å². The van der Waals surface area contributed by atoms with Crippen molar-refractivity contribution in [3.05, 3.63) is 29.8 Å². The van der Waals surface area contributed by atoms with Crippen LogP contribution in [0.4, 0.5) is 0 Å². The Balaban J connectivity index is 1.86. The first-order valence-electron chi connectivity index (χ1n) is 8.13. The van der Waals surface area contributed by atoms with Gasteiger partial charge in [0.1, 0.15) is 6.04 Å². The number of rotatable bonds is 4. The molecule has 1 aromatic carbocycles. The number of hydrogen-bond donors (Lipinski definition) is 1. The first-order valence-corrected chi connectivity index (χ1v) is 9.57. The number of amides is 1. The van der Waals surface area contributed by atoms with E-state index in [-0.39, 0.29) is 22.9 Å². The van der Waals surface area contributed by atoms with Crippen LogP contribution in [0.1, 0.15) is 23.2 Å². The van der Waals surface area contributed by atoms with Gasteiger partial charge in [0.25, 0.3) is 0 Å². The highest BCUT2D eigenvalue weighted by molar-refractivity contribution is 7.89. The first-order chi connectivity index (χ1) is 11.9. The highest BCUT2D eigenvalue weighted by Crippen LogP contribution is 2.28. The van der Waals surface area contributed by atoms with Crippen LogP contribution in [-0.4, -0.2) is 73.5 Å². The second-order valence-corrected chi connectivity index (χ2v) is 7.93. The van der Waals surface area contributed by atoms with Gasteiger partial charge in [-0.1, -0.05) is 6.07 Å². The van der Waals surface area contributed by atoms with Gasteiger partial charge in [0, 0.05) is 19.6 Å². The highest BCUT2D eigenvalue weighted by atomic mass is 32.2. The van der Waals surface area contributed by atoms with Crippen molar-refractivity contribution in [2.24, 2.45) is 0 Å². The SMILES string of the molecule is O=C(O)c1cccc(S(=O)(=O)N2CCCC2C(=O)N2CCOCC2)c1. The Bertz CT molecular complexity index is 773. The van der Waals surface area contributed by atoms with Crippen molar-refractivity contribution in [1.82, 2.24) is 9.21 Å². The van der Waals surface area contributed by atoms with Crippen LogP contribution in [0.5, 0.6) is 0 Å². The van der Waals surface area contributed by atoms with Crippen LogP contribution in [0.2, 0.25) is 0 Å². The molecule has 3 rings (SSSR count). The van der Waals surface area contributed by atoms with E-state index in [9.17, 15) is 18.0 Å². The Morgan fingerprint density at radius 2 is 1.88 bits per heavy atom. The maximum absolute atomic E-state index is 12.9. The number of sulfonamides is 1. The molecule has 2 fully saturated rings. The van der Waals surface area contributed by atoms with Crippen LogP contribution in [0, 0.1) is 0 Å². The third kappa shape index (κ3) is 3.53. The van der Waals surface area contributed by atoms with E-state index in [4.69, 9.17) is 9.84 Å². The number of morpholine rings is 1. The second-order valence-electron chi connectivity index (χ2n) is 6.04. The molecule has 1 N–H and O–H groups in total. The van der Waals surface area contributed by atoms with E-state index in [1.807, 2.05) is 0 Å². The minimum Gasteiger partial charge on any atom is -0.478 e. The summed E-state index contributed by atoms with van der Waals surface area (Å²) in [6.45, 7) is 2.06. The van der Waals surface area contributed by atoms with E-state index in [0.29, 0.717) is 39.1 Å². The van der Waals surface area contributed by atoms with Crippen molar-refractivity contribution in [2.75, 3.05) is 32.8 Å². The second kappa shape index (κ2) is 7.11. The number of carboxylic acid groups (broad SMARTS) is 1. The van der Waals surface area contributed by atoms with Gasteiger partial charge in [-0.3, -0.25) is 4.79 Å². The van der Waals surface area contributed by atoms with Gasteiger partial charge in [0.05, 0.1) is 23.7 Å². The highest BCUT2D eigenvalue weighted by Gasteiger charge is 2.41. The third-order valence-electron chi connectivity index (χ3n) is 4.50. The maximum Gasteiger partial charge on any atom is 0.335 e. The van der Waals surface area contributed by atoms with Crippen molar-refractivity contribution in [3.63, 3.8) is 0 Å². The molecule has 0 saturated carbocycles. The lowest BCUT2D eigenvalue weighted by Gasteiger charge is -2.32. The summed E-state index contributed by atoms with van der Waals surface area (Å²) >= 11 is 0. The molecule has 0 aromatic heterocycles. The summed E-state index contributed by atoms with van der Waals surface area (Å²) in [5.74, 6) is -1.40. The van der Waals surface area contributed by atoms with Crippen LogP contribution >= 0.6 is 0 Å². The summed E-state index contributed by atoms with van der Waals surface area (Å²) in [4.78, 5) is 25.4. The monoisotopic (exact) mass is 368 g/mol. The lowest BCUT2D eigenvalue weighted by atomic mass is 10.2. The van der Waals surface area contributed by atoms with Crippen LogP contribution in [0.15, 0.2) is 29.2 Å². The molecule has 8 nitrogen and oxygen atoms in total. The molecule has 9 heteroatoms. The van der Waals surface area contributed by atoms with Gasteiger partial charge in [-0.2, -0.15) is 4.31 Å². The summed E-state index contributed by atoms with van der Waals surface area (Å²) in [6.07, 6.45) is 1.06. The zero-order chi connectivity index (χ0) is 18.0. The lowest BCUT2D eigenvalue weighted by molar-refractivity contribution is -0.138. The number of ether oxygens (including phenoxy) is 1. The molecule has 1 unspecified atom stereocenters. The fourth-order valence-electron chi connectivity index (χ4n) is 3.19. The summed E-state index contributed by atoms with van der Waals surface area (Å²) < 4.78 is 32.3. The molecule has 2 aliphatic rings. The zero-order valence-corrected chi connectivity index (χ0v) is 14.4. The number of nitrogens with zero attached hydrogens (tertiary/aromatic N) is 2. The molecule has 2 aliphatic heterocycles. The van der Waals surface area contributed by atoms with Gasteiger partial charge in [-0.15, -0.1) is 0 Å². The molecule has 0 radical (unpaired) electrons. The molecule has 1 aromatic rings. The Labute approximate surface area is 146 Å². The van der Waals surface area contributed by atoms with Crippen molar-refractivity contribution < 1.29 is 27.9 Å². The van der Waals surface area contributed by atoms with Gasteiger partial charge >= 0.3 is 5.97 Å². The maximum atomic E-state index is 12.9. The molecule has 0 bridgehead atoms. The normalized spacial score (nSPS) is 22.1. The Hall–Kier alpha value is -1.97. The molecule has 1 atom stereocenters. The number of carbonyl (C=O) groups is 2. The Morgan fingerprint density at radius 1 is 1.16 bits per heavy atom. The van der Waals surface area contributed by atoms with Crippen molar-refractivity contribution >= 4 is 21.9 Å². The molecular formula is C16H20N2O6S. The van der Waals surface area contributed by atoms with E-state index in [0.717, 1.165) is 6.07 Å². The number of hydrogen-bond acceptors (Lipinski definition) is 5. The number of aromatic carboxylic acids is 1. The third-order valence-corrected chi connectivity index (χ3v) is 6.40. The average molecular weight is 368 g/mol. The molecule has 25 heavy (non-hydrogen) atoms. The zero-order valence-electron chi connectivity index (χ0n) is 13.6. The van der Waals surface area contributed by atoms with Gasteiger partial charge < -0.3 is 14.7 Å². The Kier molecular flexibility index (Phi) is 5.07. The fraction of sp³-hybridized carbons (Fsp3) is 0.500. The van der Waals surface area contributed by atoms with Crippen molar-refractivity contribution in [1.29, 1.82) is 0 Å². The molecule has 0 spiro atoms. The van der Waals surface area contributed by atoms with Crippen LogP contribution in [0.3, 0.4) is 0 Å². The molecule has 2 heterocycles. The molecule has 1 amide bonds. The molecule has 136 valence electrons. The van der Waals surface area contributed by atoms with Gasteiger partial charge in [0.15, 0.2) is 0 Å². The van der Waals surface area contributed by atoms with E-state index in [2.05, 4.69) is 0 Å². The van der Waals surface area contributed by atoms with Gasteiger partial charge in [-0.05, 0) is 31.0 Å². The fourth-order valence-corrected chi connectivity index (χ4v) is 4.89. The van der Waals surface area contributed by atoms with Gasteiger partial charge in [-0.25, -0.2) is 13.2 Å². The quantitative estimate of drug-likeness (QED) is 0.825. The van der Waals surface area contributed by atoms with Crippen LogP contribution in [-0.2, 0) is 19.6 Å². The summed E-state index contributed by atoms with van der Waals surface area (Å²) in [5.41, 5.74) is -0.101. The largest absolute Gasteiger partial charge is 0.478 e. The Morgan fingerprint density at radius 3 is 2.56 bits per heavy atom. The van der Waals surface area contributed by atoms with Crippen LogP contribution < -0.4 is 0 Å². The van der Waals surface area contributed by atoms with E-state index in [1.165, 1.54) is 22.5 Å². The first kappa shape index (κ1) is 17.8. The lowest BCUT2D eigenvalue weighted by Crippen LogP contribution is -2.50. The number of carboxylic acids is 1. The number of carbonyl (C=O) groups excluding carboxylic acids is 1. The standard InChI is InChI=1S/C16H20N2O6S/c19-15(17-7-9-24-10-8-17)14-5-2-6-18(14)25(22,23)13-4-1-3-12(11-13)16(20)21/h1,3-4,11,14H,2,5-10H2,(H,20,21). The summed E-state index contributed by atoms with van der Waals surface area (Å²) in [5, 5.41) is 9.07. The van der Waals surface area contributed by atoms with Crippen molar-refractivity contribution in [3.8, 4) is 0 Å². The minimum atomic E-state index is -3.94. The van der Waals surface area contributed by atoms with Gasteiger partial charge in [0.2, 0.25) is 15.9 Å². The van der Waals surface area contributed by atoms with E-state index >= 15 is 0 Å². The predicted molar refractivity (Wildman–Crippen MR) is 87.7 cm³/mol. The predicted octanol–water partition coefficient (Wildman–Crippen LogP) is 0.397. The molecule has 0 aliphatic carbocycles. The number of benzene rings is 1.